The second kappa shape index (κ2) is 20.4. The van der Waals surface area contributed by atoms with Crippen LogP contribution >= 0.6 is 0 Å². The smallest absolute Gasteiger partial charge is 0.407 e. The number of carbonyl (C=O) groups excluding carboxylic acids is 8. The lowest BCUT2D eigenvalue weighted by molar-refractivity contribution is -0.153. The highest BCUT2D eigenvalue weighted by molar-refractivity contribution is 6.01. The molecular weight excluding hydrogens is 776 g/mol. The molecule has 2 aromatic carbocycles. The van der Waals surface area contributed by atoms with E-state index in [0.29, 0.717) is 56.3 Å². The van der Waals surface area contributed by atoms with Crippen LogP contribution in [0.1, 0.15) is 98.1 Å². The number of methoxy groups -OCH3 is 2. The average molecular weight is 833 g/mol. The number of ether oxygens (including phenoxy) is 4. The van der Waals surface area contributed by atoms with E-state index in [0.717, 1.165) is 41.5 Å². The summed E-state index contributed by atoms with van der Waals surface area (Å²) < 4.78 is 20.3. The maximum atomic E-state index is 13.6. The molecule has 2 saturated heterocycles. The molecule has 60 heavy (non-hydrogen) atoms. The molecule has 0 bridgehead atoms. The Hall–Kier alpha value is -5.80. The molecule has 16 heteroatoms. The zero-order valence-electron chi connectivity index (χ0n) is 35.2. The van der Waals surface area contributed by atoms with Crippen molar-refractivity contribution in [3.63, 3.8) is 0 Å². The van der Waals surface area contributed by atoms with Crippen LogP contribution < -0.4 is 10.6 Å². The summed E-state index contributed by atoms with van der Waals surface area (Å²) in [5.41, 5.74) is 4.44. The maximum absolute atomic E-state index is 13.6. The first-order chi connectivity index (χ1) is 28.7. The number of amides is 4. The minimum Gasteiger partial charge on any atom is -0.456 e. The lowest BCUT2D eigenvalue weighted by atomic mass is 9.82. The fraction of sp³-hybridized carbons (Fsp3) is 0.545. The van der Waals surface area contributed by atoms with Crippen LogP contribution in [0.3, 0.4) is 0 Å². The van der Waals surface area contributed by atoms with E-state index >= 15 is 0 Å². The molecular formula is C44H56N4O12. The summed E-state index contributed by atoms with van der Waals surface area (Å²) in [6.45, 7) is 6.74. The molecule has 1 aliphatic carbocycles. The first-order valence-corrected chi connectivity index (χ1v) is 20.6. The zero-order valence-corrected chi connectivity index (χ0v) is 35.2. The molecule has 0 aromatic heterocycles. The molecule has 4 atom stereocenters. The number of fused-ring (bicyclic) bond motifs is 1. The number of hydrogen-bond donors (Lipinski definition) is 2. The number of benzene rings is 2. The van der Waals surface area contributed by atoms with Crippen molar-refractivity contribution < 1.29 is 57.3 Å². The molecule has 324 valence electrons. The number of carbonyl (C=O) groups is 8. The Balaban J connectivity index is 1.20. The van der Waals surface area contributed by atoms with Gasteiger partial charge in [0.05, 0.1) is 14.2 Å². The van der Waals surface area contributed by atoms with Gasteiger partial charge in [-0.2, -0.15) is 0 Å². The molecule has 2 heterocycles. The highest BCUT2D eigenvalue weighted by atomic mass is 16.6. The number of nitrogens with zero attached hydrogens (tertiary/aromatic N) is 2. The summed E-state index contributed by atoms with van der Waals surface area (Å²) in [6, 6.07) is 6.97. The van der Waals surface area contributed by atoms with Crippen LogP contribution in [-0.2, 0) is 51.0 Å². The first kappa shape index (κ1) is 45.3. The average Bonchev–Trinajstić information content (AvgIpc) is 3.96. The Morgan fingerprint density at radius 2 is 1.08 bits per heavy atom. The van der Waals surface area contributed by atoms with Crippen molar-refractivity contribution >= 4 is 47.5 Å². The first-order valence-electron chi connectivity index (χ1n) is 20.6. The van der Waals surface area contributed by atoms with Crippen molar-refractivity contribution in [2.45, 2.75) is 103 Å². The number of esters is 2. The van der Waals surface area contributed by atoms with Crippen LogP contribution in [0.2, 0.25) is 0 Å². The van der Waals surface area contributed by atoms with Gasteiger partial charge in [0.15, 0.2) is 19.0 Å². The van der Waals surface area contributed by atoms with Gasteiger partial charge in [-0.15, -0.1) is 0 Å². The van der Waals surface area contributed by atoms with Gasteiger partial charge in [-0.05, 0) is 85.5 Å². The van der Waals surface area contributed by atoms with Gasteiger partial charge in [-0.25, -0.2) is 19.2 Å². The van der Waals surface area contributed by atoms with Crippen molar-refractivity contribution in [3.8, 4) is 11.1 Å². The minimum atomic E-state index is -0.894. The van der Waals surface area contributed by atoms with Crippen LogP contribution in [0.5, 0.6) is 0 Å². The Bertz CT molecular complexity index is 1960. The number of Topliss-reactive ketones (excluding diaryl/α,β-unsaturated/α-hetero) is 2. The van der Waals surface area contributed by atoms with Crippen LogP contribution in [0.25, 0.3) is 11.1 Å². The topological polar surface area (TPSA) is 204 Å². The minimum absolute atomic E-state index is 0.264. The zero-order chi connectivity index (χ0) is 43.7. The predicted octanol–water partition coefficient (Wildman–Crippen LogP) is 4.43. The SMILES string of the molecule is COC(=O)N[C@H](C(=O)N1CCC[C@H]1C(=O)OCC(=O)c1ccc(-c2ccc(C(=O)COC(=O)[C@@H]3CCCN3C(=O)[C@@H](NC(=O)OC)C(C)C)c3c2CCCC3)cc1)C(C)C. The summed E-state index contributed by atoms with van der Waals surface area (Å²) in [6.07, 6.45) is 3.59. The monoisotopic (exact) mass is 832 g/mol. The van der Waals surface area contributed by atoms with E-state index in [1.54, 1.807) is 58.0 Å². The van der Waals surface area contributed by atoms with E-state index in [-0.39, 0.29) is 17.6 Å². The molecule has 2 N–H and O–H groups in total. The molecule has 2 aromatic rings. The van der Waals surface area contributed by atoms with Gasteiger partial charge in [0, 0.05) is 24.2 Å². The second-order valence-electron chi connectivity index (χ2n) is 16.1. The molecule has 0 unspecified atom stereocenters. The number of ketones is 2. The predicted molar refractivity (Wildman–Crippen MR) is 217 cm³/mol. The van der Waals surface area contributed by atoms with Crippen molar-refractivity contribution in [3.05, 3.63) is 58.7 Å². The molecule has 0 spiro atoms. The molecule has 0 saturated carbocycles. The highest BCUT2D eigenvalue weighted by Gasteiger charge is 2.41. The van der Waals surface area contributed by atoms with Gasteiger partial charge in [0.25, 0.3) is 0 Å². The summed E-state index contributed by atoms with van der Waals surface area (Å²) in [5, 5.41) is 5.08. The van der Waals surface area contributed by atoms with Crippen molar-refractivity contribution in [2.24, 2.45) is 11.8 Å². The molecule has 0 radical (unpaired) electrons. The summed E-state index contributed by atoms with van der Waals surface area (Å²) in [5.74, 6) is -3.51. The summed E-state index contributed by atoms with van der Waals surface area (Å²) >= 11 is 0. The van der Waals surface area contributed by atoms with Gasteiger partial charge in [0.2, 0.25) is 17.6 Å². The van der Waals surface area contributed by atoms with E-state index < -0.39 is 79.1 Å². The molecule has 3 aliphatic rings. The van der Waals surface area contributed by atoms with Crippen LogP contribution in [0, 0.1) is 11.8 Å². The standard InChI is InChI=1S/C44H56N4O12/c1-25(2)37(45-43(55)57-5)39(51)47-21-9-13-33(47)41(53)59-23-35(49)28-17-15-27(16-18-28)29-19-20-32(31-12-8-7-11-30(29)31)36(50)24-60-42(54)34-14-10-22-48(34)40(52)38(26(3)4)46-44(56)58-6/h15-20,25-26,33-34,37-38H,7-14,21-24H2,1-6H3,(H,45,55)(H,46,56)/t33-,34-,37-,38-/m0/s1. The summed E-state index contributed by atoms with van der Waals surface area (Å²) in [4.78, 5) is 106. The van der Waals surface area contributed by atoms with Crippen LogP contribution in [-0.4, -0.2) is 122 Å². The number of nitrogens with one attached hydrogen (secondary N) is 2. The van der Waals surface area contributed by atoms with Crippen molar-refractivity contribution in [1.29, 1.82) is 0 Å². The van der Waals surface area contributed by atoms with Crippen LogP contribution in [0.4, 0.5) is 9.59 Å². The van der Waals surface area contributed by atoms with Crippen LogP contribution in [0.15, 0.2) is 36.4 Å². The third kappa shape index (κ3) is 10.5. The fourth-order valence-electron chi connectivity index (χ4n) is 8.17. The van der Waals surface area contributed by atoms with E-state index in [4.69, 9.17) is 9.47 Å². The number of alkyl carbamates (subject to hydrolysis) is 2. The lowest BCUT2D eigenvalue weighted by Crippen LogP contribution is -2.54. The van der Waals surface area contributed by atoms with Gasteiger partial charge < -0.3 is 39.4 Å². The van der Waals surface area contributed by atoms with Gasteiger partial charge in [-0.3, -0.25) is 19.2 Å². The molecule has 4 amide bonds. The van der Waals surface area contributed by atoms with Gasteiger partial charge in [0.1, 0.15) is 24.2 Å². The third-order valence-electron chi connectivity index (χ3n) is 11.4. The summed E-state index contributed by atoms with van der Waals surface area (Å²) in [7, 11) is 2.41. The largest absolute Gasteiger partial charge is 0.456 e. The Morgan fingerprint density at radius 3 is 1.55 bits per heavy atom. The molecule has 2 aliphatic heterocycles. The quantitative estimate of drug-likeness (QED) is 0.145. The molecule has 16 nitrogen and oxygen atoms in total. The van der Waals surface area contributed by atoms with Crippen molar-refractivity contribution in [1.82, 2.24) is 20.4 Å². The number of rotatable bonds is 15. The van der Waals surface area contributed by atoms with E-state index in [1.165, 1.54) is 24.0 Å². The highest BCUT2D eigenvalue weighted by Crippen LogP contribution is 2.34. The fourth-order valence-corrected chi connectivity index (χ4v) is 8.17. The van der Waals surface area contributed by atoms with E-state index in [2.05, 4.69) is 20.1 Å². The van der Waals surface area contributed by atoms with Gasteiger partial charge >= 0.3 is 24.1 Å². The van der Waals surface area contributed by atoms with E-state index in [9.17, 15) is 38.4 Å². The third-order valence-corrected chi connectivity index (χ3v) is 11.4. The Kier molecular flexibility index (Phi) is 15.4. The lowest BCUT2D eigenvalue weighted by Gasteiger charge is -2.29. The normalized spacial score (nSPS) is 18.3. The number of likely N-dealkylation sites (tertiary alicyclic amines) is 2. The van der Waals surface area contributed by atoms with E-state index in [1.807, 2.05) is 6.07 Å². The Morgan fingerprint density at radius 1 is 0.617 bits per heavy atom. The molecule has 5 rings (SSSR count). The molecule has 2 fully saturated rings. The second-order valence-corrected chi connectivity index (χ2v) is 16.1. The maximum Gasteiger partial charge on any atom is 0.407 e. The van der Waals surface area contributed by atoms with Gasteiger partial charge in [-0.1, -0.05) is 64.1 Å². The number of hydrogen-bond acceptors (Lipinski definition) is 12. The van der Waals surface area contributed by atoms with Crippen molar-refractivity contribution in [2.75, 3.05) is 40.5 Å². The Labute approximate surface area is 350 Å².